The second-order valence-electron chi connectivity index (χ2n) is 4.06. The fourth-order valence-corrected chi connectivity index (χ4v) is 2.11. The van der Waals surface area contributed by atoms with Crippen molar-refractivity contribution >= 4 is 33.8 Å². The third kappa shape index (κ3) is 1.92. The molecule has 1 saturated heterocycles. The molecule has 0 aromatic heterocycles. The summed E-state index contributed by atoms with van der Waals surface area (Å²) in [6.45, 7) is 0. The monoisotopic (exact) mass is 310 g/mol. The number of imide groups is 2. The van der Waals surface area contributed by atoms with Gasteiger partial charge in [0, 0.05) is 18.6 Å². The summed E-state index contributed by atoms with van der Waals surface area (Å²) in [6, 6.07) is 6.31. The first-order valence-electron chi connectivity index (χ1n) is 5.28. The Morgan fingerprint density at radius 3 is 1.83 bits per heavy atom. The van der Waals surface area contributed by atoms with Crippen LogP contribution in [0.3, 0.4) is 0 Å². The number of halogens is 1. The Bertz CT molecular complexity index is 503. The van der Waals surface area contributed by atoms with E-state index in [1.807, 2.05) is 0 Å². The predicted octanol–water partition coefficient (Wildman–Crippen LogP) is 1.58. The van der Waals surface area contributed by atoms with Crippen molar-refractivity contribution < 1.29 is 14.4 Å². The number of carbonyl (C=O) groups excluding carboxylic acids is 3. The fraction of sp³-hybridized carbons (Fsp3) is 0.250. The van der Waals surface area contributed by atoms with E-state index in [4.69, 9.17) is 0 Å². The zero-order chi connectivity index (χ0) is 13.4. The van der Waals surface area contributed by atoms with Crippen LogP contribution in [0.4, 0.5) is 4.79 Å². The minimum Gasteiger partial charge on any atom is -0.273 e. The maximum absolute atomic E-state index is 12.0. The number of urea groups is 1. The van der Waals surface area contributed by atoms with Gasteiger partial charge in [-0.05, 0) is 17.7 Å². The number of rotatable bonds is 1. The van der Waals surface area contributed by atoms with E-state index in [0.29, 0.717) is 5.56 Å². The van der Waals surface area contributed by atoms with E-state index in [2.05, 4.69) is 15.9 Å². The summed E-state index contributed by atoms with van der Waals surface area (Å²) in [7, 11) is 2.75. The Hall–Kier alpha value is -1.69. The van der Waals surface area contributed by atoms with Crippen LogP contribution in [0.2, 0.25) is 0 Å². The first-order chi connectivity index (χ1) is 8.43. The van der Waals surface area contributed by atoms with Gasteiger partial charge >= 0.3 is 6.03 Å². The largest absolute Gasteiger partial charge is 0.332 e. The third-order valence-electron chi connectivity index (χ3n) is 2.93. The van der Waals surface area contributed by atoms with Gasteiger partial charge in [0.15, 0.2) is 0 Å². The minimum absolute atomic E-state index is 0.495. The number of carbonyl (C=O) groups is 3. The molecule has 6 heteroatoms. The first kappa shape index (κ1) is 12.8. The smallest absolute Gasteiger partial charge is 0.273 e. The number of hydrogen-bond acceptors (Lipinski definition) is 3. The lowest BCUT2D eigenvalue weighted by Crippen LogP contribution is -2.55. The van der Waals surface area contributed by atoms with Gasteiger partial charge in [-0.15, -0.1) is 0 Å². The van der Waals surface area contributed by atoms with Crippen LogP contribution in [0.1, 0.15) is 11.5 Å². The SMILES string of the molecule is CN1C(=O)C(c2ccc(Br)cc2)C(=O)N(C)C1=O. The Balaban J connectivity index is 2.43. The van der Waals surface area contributed by atoms with Crippen molar-refractivity contribution in [3.8, 4) is 0 Å². The molecule has 1 aromatic rings. The summed E-state index contributed by atoms with van der Waals surface area (Å²) in [5, 5.41) is 0. The zero-order valence-electron chi connectivity index (χ0n) is 9.88. The van der Waals surface area contributed by atoms with E-state index in [-0.39, 0.29) is 0 Å². The first-order valence-corrected chi connectivity index (χ1v) is 6.07. The van der Waals surface area contributed by atoms with Crippen LogP contribution in [-0.2, 0) is 9.59 Å². The second-order valence-corrected chi connectivity index (χ2v) is 4.98. The van der Waals surface area contributed by atoms with E-state index in [9.17, 15) is 14.4 Å². The van der Waals surface area contributed by atoms with Crippen LogP contribution in [0.25, 0.3) is 0 Å². The molecule has 2 rings (SSSR count). The molecule has 0 bridgehead atoms. The molecule has 0 unspecified atom stereocenters. The standard InChI is InChI=1S/C12H11BrN2O3/c1-14-10(16)9(11(17)15(2)12(14)18)7-3-5-8(13)6-4-7/h3-6,9H,1-2H3. The molecule has 4 amide bonds. The van der Waals surface area contributed by atoms with Crippen LogP contribution in [0, 0.1) is 0 Å². The molecule has 18 heavy (non-hydrogen) atoms. The van der Waals surface area contributed by atoms with Gasteiger partial charge in [0.05, 0.1) is 0 Å². The number of hydrogen-bond donors (Lipinski definition) is 0. The normalized spacial score (nSPS) is 17.6. The molecule has 1 fully saturated rings. The molecule has 5 nitrogen and oxygen atoms in total. The molecule has 0 spiro atoms. The van der Waals surface area contributed by atoms with Gasteiger partial charge in [0.25, 0.3) is 0 Å². The van der Waals surface area contributed by atoms with Crippen LogP contribution < -0.4 is 0 Å². The molecule has 94 valence electrons. The van der Waals surface area contributed by atoms with Crippen molar-refractivity contribution in [2.75, 3.05) is 14.1 Å². The molecule has 1 aliphatic rings. The van der Waals surface area contributed by atoms with Crippen LogP contribution in [0.15, 0.2) is 28.7 Å². The molecule has 0 radical (unpaired) electrons. The van der Waals surface area contributed by atoms with Gasteiger partial charge in [-0.3, -0.25) is 19.4 Å². The topological polar surface area (TPSA) is 57.7 Å². The number of benzene rings is 1. The highest BCUT2D eigenvalue weighted by Gasteiger charge is 2.43. The molecule has 1 aliphatic heterocycles. The Labute approximate surface area is 112 Å². The Kier molecular flexibility index (Phi) is 3.21. The van der Waals surface area contributed by atoms with Crippen molar-refractivity contribution in [1.82, 2.24) is 9.80 Å². The lowest BCUT2D eigenvalue weighted by atomic mass is 9.95. The highest BCUT2D eigenvalue weighted by Crippen LogP contribution is 2.26. The van der Waals surface area contributed by atoms with E-state index < -0.39 is 23.8 Å². The minimum atomic E-state index is -0.939. The van der Waals surface area contributed by atoms with Crippen molar-refractivity contribution in [3.63, 3.8) is 0 Å². The van der Waals surface area contributed by atoms with Gasteiger partial charge in [-0.2, -0.15) is 0 Å². The molecular formula is C12H11BrN2O3. The van der Waals surface area contributed by atoms with E-state index in [1.54, 1.807) is 24.3 Å². The summed E-state index contributed by atoms with van der Waals surface area (Å²) in [5.74, 6) is -1.93. The average Bonchev–Trinajstić information content (AvgIpc) is 2.36. The maximum atomic E-state index is 12.0. The summed E-state index contributed by atoms with van der Waals surface area (Å²) < 4.78 is 0.861. The van der Waals surface area contributed by atoms with Crippen molar-refractivity contribution in [3.05, 3.63) is 34.3 Å². The van der Waals surface area contributed by atoms with E-state index in [1.165, 1.54) is 14.1 Å². The number of barbiturate groups is 1. The highest BCUT2D eigenvalue weighted by molar-refractivity contribution is 9.10. The summed E-state index contributed by atoms with van der Waals surface area (Å²) >= 11 is 3.29. The number of nitrogens with zero attached hydrogens (tertiary/aromatic N) is 2. The highest BCUT2D eigenvalue weighted by atomic mass is 79.9. The van der Waals surface area contributed by atoms with Crippen molar-refractivity contribution in [2.45, 2.75) is 5.92 Å². The van der Waals surface area contributed by atoms with Crippen molar-refractivity contribution in [1.29, 1.82) is 0 Å². The summed E-state index contributed by atoms with van der Waals surface area (Å²) in [5.41, 5.74) is 0.583. The van der Waals surface area contributed by atoms with Crippen LogP contribution >= 0.6 is 15.9 Å². The summed E-state index contributed by atoms with van der Waals surface area (Å²) in [6.07, 6.45) is 0. The summed E-state index contributed by atoms with van der Waals surface area (Å²) in [4.78, 5) is 37.6. The lowest BCUT2D eigenvalue weighted by Gasteiger charge is -2.32. The van der Waals surface area contributed by atoms with Crippen molar-refractivity contribution in [2.24, 2.45) is 0 Å². The third-order valence-corrected chi connectivity index (χ3v) is 3.46. The van der Waals surface area contributed by atoms with Crippen LogP contribution in [0.5, 0.6) is 0 Å². The zero-order valence-corrected chi connectivity index (χ0v) is 11.5. The molecule has 0 N–H and O–H groups in total. The Morgan fingerprint density at radius 2 is 1.39 bits per heavy atom. The van der Waals surface area contributed by atoms with Crippen LogP contribution in [-0.4, -0.2) is 41.7 Å². The second kappa shape index (κ2) is 4.53. The van der Waals surface area contributed by atoms with Gasteiger partial charge in [-0.25, -0.2) is 4.79 Å². The fourth-order valence-electron chi connectivity index (χ4n) is 1.85. The number of amides is 4. The lowest BCUT2D eigenvalue weighted by molar-refractivity contribution is -0.143. The van der Waals surface area contributed by atoms with Gasteiger partial charge < -0.3 is 0 Å². The molecule has 0 saturated carbocycles. The maximum Gasteiger partial charge on any atom is 0.332 e. The van der Waals surface area contributed by atoms with Gasteiger partial charge in [0.1, 0.15) is 5.92 Å². The molecule has 1 aromatic carbocycles. The molecule has 1 heterocycles. The van der Waals surface area contributed by atoms with E-state index in [0.717, 1.165) is 14.3 Å². The predicted molar refractivity (Wildman–Crippen MR) is 67.8 cm³/mol. The quantitative estimate of drug-likeness (QED) is 0.740. The number of likely N-dealkylation sites (N-methyl/N-ethyl adjacent to an activating group) is 2. The van der Waals surface area contributed by atoms with Gasteiger partial charge in [-0.1, -0.05) is 28.1 Å². The molecule has 0 aliphatic carbocycles. The average molecular weight is 311 g/mol. The Morgan fingerprint density at radius 1 is 0.944 bits per heavy atom. The van der Waals surface area contributed by atoms with E-state index >= 15 is 0 Å². The molecular weight excluding hydrogens is 300 g/mol. The van der Waals surface area contributed by atoms with Gasteiger partial charge in [0.2, 0.25) is 11.8 Å². The molecule has 0 atom stereocenters.